The van der Waals surface area contributed by atoms with Crippen molar-refractivity contribution in [1.29, 1.82) is 0 Å². The van der Waals surface area contributed by atoms with Crippen LogP contribution in [0.25, 0.3) is 11.3 Å². The minimum absolute atomic E-state index is 0.0572. The number of nitrogen functional groups attached to an aromatic ring is 1. The Morgan fingerprint density at radius 2 is 1.89 bits per heavy atom. The molecule has 0 atom stereocenters. The summed E-state index contributed by atoms with van der Waals surface area (Å²) in [5.74, 6) is 1.34. The highest BCUT2D eigenvalue weighted by atomic mass is 16.5. The van der Waals surface area contributed by atoms with Crippen molar-refractivity contribution in [3.63, 3.8) is 0 Å². The van der Waals surface area contributed by atoms with E-state index in [0.29, 0.717) is 5.82 Å². The zero-order chi connectivity index (χ0) is 14.0. The van der Waals surface area contributed by atoms with Crippen LogP contribution in [-0.2, 0) is 11.8 Å². The first-order valence-electron chi connectivity index (χ1n) is 6.79. The van der Waals surface area contributed by atoms with Crippen LogP contribution >= 0.6 is 0 Å². The molecule has 19 heavy (non-hydrogen) atoms. The van der Waals surface area contributed by atoms with Crippen LogP contribution in [-0.4, -0.2) is 5.16 Å². The van der Waals surface area contributed by atoms with E-state index in [1.165, 1.54) is 5.56 Å². The summed E-state index contributed by atoms with van der Waals surface area (Å²) in [5, 5.41) is 3.94. The van der Waals surface area contributed by atoms with E-state index < -0.39 is 0 Å². The SMILES string of the molecule is CCCc1c(N)noc1-c1ccccc1C(C)(C)C. The Labute approximate surface area is 114 Å². The van der Waals surface area contributed by atoms with Gasteiger partial charge in [-0.15, -0.1) is 0 Å². The van der Waals surface area contributed by atoms with Crippen LogP contribution in [0, 0.1) is 0 Å². The highest BCUT2D eigenvalue weighted by Crippen LogP contribution is 2.36. The quantitative estimate of drug-likeness (QED) is 0.898. The lowest BCUT2D eigenvalue weighted by molar-refractivity contribution is 0.433. The van der Waals surface area contributed by atoms with Gasteiger partial charge in [-0.3, -0.25) is 0 Å². The number of hydrogen-bond acceptors (Lipinski definition) is 3. The van der Waals surface area contributed by atoms with E-state index in [1.807, 2.05) is 6.07 Å². The Morgan fingerprint density at radius 3 is 2.53 bits per heavy atom. The first kappa shape index (κ1) is 13.7. The normalized spacial score (nSPS) is 11.8. The molecule has 1 heterocycles. The molecule has 0 spiro atoms. The van der Waals surface area contributed by atoms with Crippen molar-refractivity contribution in [2.24, 2.45) is 0 Å². The minimum Gasteiger partial charge on any atom is -0.381 e. The van der Waals surface area contributed by atoms with E-state index in [0.717, 1.165) is 29.7 Å². The van der Waals surface area contributed by atoms with E-state index in [-0.39, 0.29) is 5.41 Å². The predicted octanol–water partition coefficient (Wildman–Crippen LogP) is 4.17. The third kappa shape index (κ3) is 2.65. The first-order valence-corrected chi connectivity index (χ1v) is 6.79. The number of rotatable bonds is 3. The molecule has 102 valence electrons. The van der Waals surface area contributed by atoms with Crippen molar-refractivity contribution in [3.05, 3.63) is 35.4 Å². The van der Waals surface area contributed by atoms with Gasteiger partial charge in [0.15, 0.2) is 11.6 Å². The summed E-state index contributed by atoms with van der Waals surface area (Å²) >= 11 is 0. The second-order valence-corrected chi connectivity index (χ2v) is 5.92. The number of nitrogens with zero attached hydrogens (tertiary/aromatic N) is 1. The molecule has 0 unspecified atom stereocenters. The number of aromatic nitrogens is 1. The summed E-state index contributed by atoms with van der Waals surface area (Å²) in [5.41, 5.74) is 9.36. The van der Waals surface area contributed by atoms with E-state index in [4.69, 9.17) is 10.3 Å². The van der Waals surface area contributed by atoms with Crippen LogP contribution in [0.5, 0.6) is 0 Å². The molecule has 0 bridgehead atoms. The van der Waals surface area contributed by atoms with Gasteiger partial charge in [0.1, 0.15) is 0 Å². The number of benzene rings is 1. The highest BCUT2D eigenvalue weighted by Gasteiger charge is 2.23. The van der Waals surface area contributed by atoms with Gasteiger partial charge in [0.25, 0.3) is 0 Å². The smallest absolute Gasteiger partial charge is 0.172 e. The molecular formula is C16H22N2O. The molecule has 2 N–H and O–H groups in total. The average Bonchev–Trinajstić information content (AvgIpc) is 2.71. The predicted molar refractivity (Wildman–Crippen MR) is 79.0 cm³/mol. The van der Waals surface area contributed by atoms with Crippen molar-refractivity contribution in [2.45, 2.75) is 46.0 Å². The van der Waals surface area contributed by atoms with Crippen molar-refractivity contribution >= 4 is 5.82 Å². The third-order valence-electron chi connectivity index (χ3n) is 3.30. The summed E-state index contributed by atoms with van der Waals surface area (Å²) in [6.07, 6.45) is 1.92. The maximum absolute atomic E-state index is 5.92. The molecule has 0 aliphatic carbocycles. The molecule has 1 aromatic carbocycles. The van der Waals surface area contributed by atoms with Gasteiger partial charge in [-0.25, -0.2) is 0 Å². The molecule has 2 rings (SSSR count). The van der Waals surface area contributed by atoms with Gasteiger partial charge in [0.05, 0.1) is 0 Å². The van der Waals surface area contributed by atoms with Gasteiger partial charge < -0.3 is 10.3 Å². The molecule has 0 fully saturated rings. The fourth-order valence-corrected chi connectivity index (χ4v) is 2.36. The monoisotopic (exact) mass is 258 g/mol. The Bertz CT molecular complexity index is 564. The fourth-order valence-electron chi connectivity index (χ4n) is 2.36. The van der Waals surface area contributed by atoms with Gasteiger partial charge in [-0.2, -0.15) is 0 Å². The van der Waals surface area contributed by atoms with Crippen molar-refractivity contribution < 1.29 is 4.52 Å². The second-order valence-electron chi connectivity index (χ2n) is 5.92. The van der Waals surface area contributed by atoms with Crippen molar-refractivity contribution in [3.8, 4) is 11.3 Å². The van der Waals surface area contributed by atoms with Gasteiger partial charge in [0.2, 0.25) is 0 Å². The van der Waals surface area contributed by atoms with Crippen molar-refractivity contribution in [1.82, 2.24) is 5.16 Å². The van der Waals surface area contributed by atoms with Gasteiger partial charge >= 0.3 is 0 Å². The molecule has 0 aliphatic heterocycles. The summed E-state index contributed by atoms with van der Waals surface area (Å²) in [7, 11) is 0. The van der Waals surface area contributed by atoms with E-state index >= 15 is 0 Å². The zero-order valence-corrected chi connectivity index (χ0v) is 12.2. The van der Waals surface area contributed by atoms with Crippen LogP contribution in [0.2, 0.25) is 0 Å². The van der Waals surface area contributed by atoms with Crippen molar-refractivity contribution in [2.75, 3.05) is 5.73 Å². The number of nitrogens with two attached hydrogens (primary N) is 1. The lowest BCUT2D eigenvalue weighted by atomic mass is 9.82. The third-order valence-corrected chi connectivity index (χ3v) is 3.30. The maximum atomic E-state index is 5.92. The fraction of sp³-hybridized carbons (Fsp3) is 0.438. The van der Waals surface area contributed by atoms with Crippen LogP contribution in [0.15, 0.2) is 28.8 Å². The number of hydrogen-bond donors (Lipinski definition) is 1. The van der Waals surface area contributed by atoms with Crippen LogP contribution in [0.3, 0.4) is 0 Å². The van der Waals surface area contributed by atoms with E-state index in [1.54, 1.807) is 0 Å². The van der Waals surface area contributed by atoms with Gasteiger partial charge in [-0.1, -0.05) is 63.5 Å². The van der Waals surface area contributed by atoms with Gasteiger partial charge in [0, 0.05) is 11.1 Å². The minimum atomic E-state index is 0.0572. The summed E-state index contributed by atoms with van der Waals surface area (Å²) in [6.45, 7) is 8.73. The lowest BCUT2D eigenvalue weighted by Crippen LogP contribution is -2.12. The Balaban J connectivity index is 2.60. The average molecular weight is 258 g/mol. The summed E-state index contributed by atoms with van der Waals surface area (Å²) in [4.78, 5) is 0. The van der Waals surface area contributed by atoms with Crippen LogP contribution in [0.4, 0.5) is 5.82 Å². The number of anilines is 1. The Hall–Kier alpha value is -1.77. The van der Waals surface area contributed by atoms with Crippen LogP contribution in [0.1, 0.15) is 45.2 Å². The first-order chi connectivity index (χ1) is 8.95. The summed E-state index contributed by atoms with van der Waals surface area (Å²) < 4.78 is 5.49. The molecule has 2 aromatic rings. The van der Waals surface area contributed by atoms with E-state index in [9.17, 15) is 0 Å². The molecule has 0 radical (unpaired) electrons. The molecule has 0 amide bonds. The summed E-state index contributed by atoms with van der Waals surface area (Å²) in [6, 6.07) is 8.31. The second kappa shape index (κ2) is 5.08. The van der Waals surface area contributed by atoms with Gasteiger partial charge in [-0.05, 0) is 17.4 Å². The Morgan fingerprint density at radius 1 is 1.21 bits per heavy atom. The zero-order valence-electron chi connectivity index (χ0n) is 12.2. The molecule has 3 nitrogen and oxygen atoms in total. The molecule has 1 aromatic heterocycles. The maximum Gasteiger partial charge on any atom is 0.172 e. The Kier molecular flexibility index (Phi) is 3.65. The topological polar surface area (TPSA) is 52.0 Å². The molecule has 0 saturated carbocycles. The van der Waals surface area contributed by atoms with Crippen LogP contribution < -0.4 is 5.73 Å². The van der Waals surface area contributed by atoms with E-state index in [2.05, 4.69) is 51.1 Å². The molecular weight excluding hydrogens is 236 g/mol. The highest BCUT2D eigenvalue weighted by molar-refractivity contribution is 5.70. The molecule has 3 heteroatoms. The largest absolute Gasteiger partial charge is 0.381 e. The lowest BCUT2D eigenvalue weighted by Gasteiger charge is -2.22. The molecule has 0 saturated heterocycles. The standard InChI is InChI=1S/C16H22N2O/c1-5-8-12-14(19-18-15(12)17)11-9-6-7-10-13(11)16(2,3)4/h6-7,9-10H,5,8H2,1-4H3,(H2,17,18). The molecule has 0 aliphatic rings.